The van der Waals surface area contributed by atoms with Gasteiger partial charge in [-0.1, -0.05) is 43.5 Å². The van der Waals surface area contributed by atoms with Crippen molar-refractivity contribution in [1.82, 2.24) is 5.32 Å². The number of hydrogen-bond acceptors (Lipinski definition) is 1. The third-order valence-corrected chi connectivity index (χ3v) is 4.92. The number of rotatable bonds is 4. The molecule has 19 heavy (non-hydrogen) atoms. The summed E-state index contributed by atoms with van der Waals surface area (Å²) >= 11 is 6.37. The summed E-state index contributed by atoms with van der Waals surface area (Å²) in [4.78, 5) is 0. The molecule has 3 unspecified atom stereocenters. The molecule has 0 amide bonds. The summed E-state index contributed by atoms with van der Waals surface area (Å²) in [6, 6.07) is 6.99. The van der Waals surface area contributed by atoms with E-state index in [0.29, 0.717) is 6.04 Å². The molecule has 1 aliphatic carbocycles. The van der Waals surface area contributed by atoms with Gasteiger partial charge in [0.2, 0.25) is 0 Å². The number of benzene rings is 1. The van der Waals surface area contributed by atoms with E-state index in [2.05, 4.69) is 44.4 Å². The van der Waals surface area contributed by atoms with E-state index in [1.54, 1.807) is 0 Å². The molecule has 1 nitrogen and oxygen atoms in total. The number of halogens is 1. The van der Waals surface area contributed by atoms with Crippen molar-refractivity contribution in [2.75, 3.05) is 7.05 Å². The normalized spacial score (nSPS) is 25.3. The molecule has 0 bridgehead atoms. The van der Waals surface area contributed by atoms with Crippen LogP contribution in [0.1, 0.15) is 43.7 Å². The van der Waals surface area contributed by atoms with Crippen LogP contribution in [0, 0.1) is 18.8 Å². The van der Waals surface area contributed by atoms with Gasteiger partial charge in [0.05, 0.1) is 0 Å². The second-order valence-electron chi connectivity index (χ2n) is 6.23. The summed E-state index contributed by atoms with van der Waals surface area (Å²) < 4.78 is 0. The van der Waals surface area contributed by atoms with Gasteiger partial charge in [0.1, 0.15) is 0 Å². The van der Waals surface area contributed by atoms with Gasteiger partial charge in [-0.3, -0.25) is 0 Å². The maximum absolute atomic E-state index is 6.37. The van der Waals surface area contributed by atoms with Gasteiger partial charge in [0.15, 0.2) is 0 Å². The van der Waals surface area contributed by atoms with Gasteiger partial charge >= 0.3 is 0 Å². The summed E-state index contributed by atoms with van der Waals surface area (Å²) in [6.45, 7) is 4.48. The van der Waals surface area contributed by atoms with Gasteiger partial charge < -0.3 is 5.32 Å². The molecule has 1 aromatic rings. The summed E-state index contributed by atoms with van der Waals surface area (Å²) in [6.07, 6.45) is 6.55. The number of aryl methyl sites for hydroxylation is 1. The minimum absolute atomic E-state index is 0.558. The van der Waals surface area contributed by atoms with Crippen LogP contribution < -0.4 is 5.32 Å². The Kier molecular flexibility index (Phi) is 5.29. The van der Waals surface area contributed by atoms with Crippen molar-refractivity contribution in [2.24, 2.45) is 11.8 Å². The zero-order valence-electron chi connectivity index (χ0n) is 12.4. The van der Waals surface area contributed by atoms with Crippen LogP contribution in [-0.4, -0.2) is 13.1 Å². The fourth-order valence-electron chi connectivity index (χ4n) is 3.41. The summed E-state index contributed by atoms with van der Waals surface area (Å²) in [5, 5.41) is 4.44. The Morgan fingerprint density at radius 1 is 1.37 bits per heavy atom. The van der Waals surface area contributed by atoms with Crippen LogP contribution in [0.5, 0.6) is 0 Å². The van der Waals surface area contributed by atoms with Crippen molar-refractivity contribution in [3.63, 3.8) is 0 Å². The fraction of sp³-hybridized carbons (Fsp3) is 0.647. The van der Waals surface area contributed by atoms with Crippen LogP contribution >= 0.6 is 11.6 Å². The van der Waals surface area contributed by atoms with E-state index < -0.39 is 0 Å². The molecule has 0 spiro atoms. The predicted molar refractivity (Wildman–Crippen MR) is 83.9 cm³/mol. The largest absolute Gasteiger partial charge is 0.316 e. The Morgan fingerprint density at radius 2 is 2.16 bits per heavy atom. The van der Waals surface area contributed by atoms with Crippen LogP contribution in [0.15, 0.2) is 18.2 Å². The van der Waals surface area contributed by atoms with E-state index in [4.69, 9.17) is 11.6 Å². The molecule has 2 heteroatoms. The lowest BCUT2D eigenvalue weighted by Crippen LogP contribution is -2.38. The minimum atomic E-state index is 0.558. The molecule has 1 fully saturated rings. The molecule has 0 heterocycles. The lowest BCUT2D eigenvalue weighted by Gasteiger charge is -2.33. The summed E-state index contributed by atoms with van der Waals surface area (Å²) in [5.41, 5.74) is 2.52. The highest BCUT2D eigenvalue weighted by Crippen LogP contribution is 2.32. The molecular weight excluding hydrogens is 254 g/mol. The van der Waals surface area contributed by atoms with Gasteiger partial charge in [-0.25, -0.2) is 0 Å². The monoisotopic (exact) mass is 279 g/mol. The molecule has 2 rings (SSSR count). The number of nitrogens with one attached hydrogen (secondary N) is 1. The second-order valence-corrected chi connectivity index (χ2v) is 6.63. The average molecular weight is 280 g/mol. The zero-order chi connectivity index (χ0) is 13.8. The Labute approximate surface area is 122 Å². The Bertz CT molecular complexity index is 416. The Balaban J connectivity index is 2.05. The lowest BCUT2D eigenvalue weighted by atomic mass is 9.77. The van der Waals surface area contributed by atoms with Crippen LogP contribution in [0.2, 0.25) is 5.02 Å². The predicted octanol–water partition coefficient (Wildman–Crippen LogP) is 4.61. The SMILES string of the molecule is CNC(Cc1ccc(C)cc1Cl)C1CCCC(C)C1. The first-order chi connectivity index (χ1) is 9.10. The fourth-order valence-corrected chi connectivity index (χ4v) is 3.72. The zero-order valence-corrected chi connectivity index (χ0v) is 13.1. The van der Waals surface area contributed by atoms with Gasteiger partial charge in [-0.2, -0.15) is 0 Å². The first-order valence-corrected chi connectivity index (χ1v) is 7.90. The molecule has 0 aliphatic heterocycles. The lowest BCUT2D eigenvalue weighted by molar-refractivity contribution is 0.227. The highest BCUT2D eigenvalue weighted by atomic mass is 35.5. The van der Waals surface area contributed by atoms with Crippen molar-refractivity contribution >= 4 is 11.6 Å². The maximum Gasteiger partial charge on any atom is 0.0441 e. The first-order valence-electron chi connectivity index (χ1n) is 7.52. The first kappa shape index (κ1) is 14.9. The summed E-state index contributed by atoms with van der Waals surface area (Å²) in [5.74, 6) is 1.68. The maximum atomic E-state index is 6.37. The minimum Gasteiger partial charge on any atom is -0.316 e. The van der Waals surface area contributed by atoms with E-state index in [1.165, 1.54) is 36.8 Å². The smallest absolute Gasteiger partial charge is 0.0441 e. The highest BCUT2D eigenvalue weighted by molar-refractivity contribution is 6.31. The third-order valence-electron chi connectivity index (χ3n) is 4.57. The van der Waals surface area contributed by atoms with Gasteiger partial charge in [0, 0.05) is 11.1 Å². The third kappa shape index (κ3) is 3.97. The Hall–Kier alpha value is -0.530. The van der Waals surface area contributed by atoms with Crippen molar-refractivity contribution in [2.45, 2.75) is 52.0 Å². The van der Waals surface area contributed by atoms with Crippen molar-refractivity contribution in [3.05, 3.63) is 34.3 Å². The standard InChI is InChI=1S/C17H26ClN/c1-12-5-4-6-15(9-12)17(19-3)11-14-8-7-13(2)10-16(14)18/h7-8,10,12,15,17,19H,4-6,9,11H2,1-3H3. The van der Waals surface area contributed by atoms with E-state index in [1.807, 2.05) is 0 Å². The van der Waals surface area contributed by atoms with Gasteiger partial charge in [-0.15, -0.1) is 0 Å². The average Bonchev–Trinajstić information content (AvgIpc) is 2.38. The molecule has 1 aliphatic rings. The molecule has 106 valence electrons. The van der Waals surface area contributed by atoms with E-state index in [-0.39, 0.29) is 0 Å². The van der Waals surface area contributed by atoms with Crippen LogP contribution in [0.4, 0.5) is 0 Å². The number of hydrogen-bond donors (Lipinski definition) is 1. The van der Waals surface area contributed by atoms with Crippen molar-refractivity contribution in [1.29, 1.82) is 0 Å². The second kappa shape index (κ2) is 6.76. The molecule has 0 radical (unpaired) electrons. The molecular formula is C17H26ClN. The quantitative estimate of drug-likeness (QED) is 0.849. The molecule has 1 N–H and O–H groups in total. The highest BCUT2D eigenvalue weighted by Gasteiger charge is 2.26. The van der Waals surface area contributed by atoms with Crippen molar-refractivity contribution in [3.8, 4) is 0 Å². The summed E-state index contributed by atoms with van der Waals surface area (Å²) in [7, 11) is 2.09. The van der Waals surface area contributed by atoms with E-state index in [9.17, 15) is 0 Å². The van der Waals surface area contributed by atoms with E-state index in [0.717, 1.165) is 23.3 Å². The van der Waals surface area contributed by atoms with Crippen LogP contribution in [0.3, 0.4) is 0 Å². The van der Waals surface area contributed by atoms with Crippen LogP contribution in [-0.2, 0) is 6.42 Å². The molecule has 3 atom stereocenters. The van der Waals surface area contributed by atoms with Gasteiger partial charge in [-0.05, 0) is 62.3 Å². The molecule has 0 aromatic heterocycles. The van der Waals surface area contributed by atoms with Gasteiger partial charge in [0.25, 0.3) is 0 Å². The number of likely N-dealkylation sites (N-methyl/N-ethyl adjacent to an activating group) is 1. The Morgan fingerprint density at radius 3 is 2.79 bits per heavy atom. The van der Waals surface area contributed by atoms with E-state index >= 15 is 0 Å². The topological polar surface area (TPSA) is 12.0 Å². The van der Waals surface area contributed by atoms with Crippen LogP contribution in [0.25, 0.3) is 0 Å². The molecule has 1 saturated carbocycles. The van der Waals surface area contributed by atoms with Crippen molar-refractivity contribution < 1.29 is 0 Å². The molecule has 0 saturated heterocycles. The molecule has 1 aromatic carbocycles.